The number of phenolic OH excluding ortho intramolecular Hbond substituents is 1. The summed E-state index contributed by atoms with van der Waals surface area (Å²) < 4.78 is 5.73. The van der Waals surface area contributed by atoms with Crippen molar-refractivity contribution in [2.24, 2.45) is 17.3 Å². The predicted octanol–water partition coefficient (Wildman–Crippen LogP) is 4.72. The van der Waals surface area contributed by atoms with E-state index < -0.39 is 11.4 Å². The van der Waals surface area contributed by atoms with Crippen molar-refractivity contribution in [2.75, 3.05) is 0 Å². The Morgan fingerprint density at radius 1 is 1.26 bits per heavy atom. The molecule has 2 atom stereocenters. The molecule has 0 spiro atoms. The molecule has 142 valence electrons. The molecule has 1 N–H and O–H groups in total. The van der Waals surface area contributed by atoms with Gasteiger partial charge in [0.25, 0.3) is 0 Å². The third kappa shape index (κ3) is 3.61. The SMILES string of the molecule is CC#Cc1cc(O)c(C2=C(OC(=O)C(C)(C)C)C3CCC(C3)C2=O)c(Cl)c1. The van der Waals surface area contributed by atoms with Gasteiger partial charge in [0.15, 0.2) is 5.78 Å². The molecule has 1 aromatic rings. The molecule has 0 aliphatic heterocycles. The number of hydrogen-bond donors (Lipinski definition) is 1. The van der Waals surface area contributed by atoms with E-state index in [4.69, 9.17) is 16.3 Å². The van der Waals surface area contributed by atoms with Crippen molar-refractivity contribution in [3.05, 3.63) is 34.0 Å². The number of hydrogen-bond acceptors (Lipinski definition) is 4. The molecule has 0 saturated heterocycles. The lowest BCUT2D eigenvalue weighted by molar-refractivity contribution is -0.149. The maximum absolute atomic E-state index is 13.1. The molecule has 0 heterocycles. The fraction of sp³-hybridized carbons (Fsp3) is 0.455. The van der Waals surface area contributed by atoms with Crippen molar-refractivity contribution < 1.29 is 19.4 Å². The van der Waals surface area contributed by atoms with Gasteiger partial charge in [0, 0.05) is 23.0 Å². The molecule has 1 fully saturated rings. The zero-order valence-corrected chi connectivity index (χ0v) is 16.7. The first kappa shape index (κ1) is 19.5. The highest BCUT2D eigenvalue weighted by Crippen LogP contribution is 2.49. The number of phenols is 1. The Kier molecular flexibility index (Phi) is 5.10. The van der Waals surface area contributed by atoms with Crippen LogP contribution in [0.3, 0.4) is 0 Å². The number of halogens is 1. The number of ether oxygens (including phenoxy) is 1. The van der Waals surface area contributed by atoms with Crippen LogP contribution in [0.15, 0.2) is 17.9 Å². The molecule has 2 bridgehead atoms. The zero-order chi connectivity index (χ0) is 19.9. The van der Waals surface area contributed by atoms with Crippen molar-refractivity contribution >= 4 is 28.9 Å². The second-order valence-electron chi connectivity index (χ2n) is 8.18. The Morgan fingerprint density at radius 2 is 1.93 bits per heavy atom. The lowest BCUT2D eigenvalue weighted by atomic mass is 9.82. The molecule has 3 rings (SSSR count). The fourth-order valence-electron chi connectivity index (χ4n) is 3.68. The first-order valence-corrected chi connectivity index (χ1v) is 9.47. The first-order chi connectivity index (χ1) is 12.6. The molecule has 2 unspecified atom stereocenters. The molecular weight excluding hydrogens is 364 g/mol. The number of benzene rings is 1. The number of carbonyl (C=O) groups excluding carboxylic acids is 2. The van der Waals surface area contributed by atoms with Crippen LogP contribution in [0.25, 0.3) is 5.57 Å². The van der Waals surface area contributed by atoms with E-state index in [1.807, 2.05) is 0 Å². The Hall–Kier alpha value is -2.25. The van der Waals surface area contributed by atoms with Gasteiger partial charge in [0.1, 0.15) is 11.5 Å². The van der Waals surface area contributed by atoms with Gasteiger partial charge in [-0.3, -0.25) is 9.59 Å². The minimum absolute atomic E-state index is 0.0143. The largest absolute Gasteiger partial charge is 0.507 e. The molecule has 0 aromatic heterocycles. The van der Waals surface area contributed by atoms with E-state index in [1.165, 1.54) is 6.07 Å². The highest BCUT2D eigenvalue weighted by molar-refractivity contribution is 6.36. The van der Waals surface area contributed by atoms with Crippen molar-refractivity contribution in [3.63, 3.8) is 0 Å². The molecule has 1 saturated carbocycles. The van der Waals surface area contributed by atoms with Crippen molar-refractivity contribution in [3.8, 4) is 17.6 Å². The number of allylic oxidation sites excluding steroid dienone is 2. The minimum atomic E-state index is -0.705. The number of fused-ring (bicyclic) bond motifs is 2. The van der Waals surface area contributed by atoms with Gasteiger partial charge in [-0.05, 0) is 59.1 Å². The molecule has 5 heteroatoms. The summed E-state index contributed by atoms with van der Waals surface area (Å²) in [6.07, 6.45) is 2.21. The summed E-state index contributed by atoms with van der Waals surface area (Å²) in [5, 5.41) is 10.8. The molecule has 1 aromatic carbocycles. The molecule has 2 aliphatic carbocycles. The van der Waals surface area contributed by atoms with Crippen LogP contribution >= 0.6 is 11.6 Å². The Morgan fingerprint density at radius 3 is 2.52 bits per heavy atom. The predicted molar refractivity (Wildman–Crippen MR) is 104 cm³/mol. The molecule has 2 aliphatic rings. The van der Waals surface area contributed by atoms with Gasteiger partial charge in [0.2, 0.25) is 0 Å². The van der Waals surface area contributed by atoms with Gasteiger partial charge < -0.3 is 9.84 Å². The normalized spacial score (nSPS) is 21.7. The highest BCUT2D eigenvalue weighted by atomic mass is 35.5. The average Bonchev–Trinajstić information content (AvgIpc) is 3.00. The number of carbonyl (C=O) groups is 2. The molecule has 0 amide bonds. The van der Waals surface area contributed by atoms with Crippen molar-refractivity contribution in [1.29, 1.82) is 0 Å². The standard InChI is InChI=1S/C22H23ClO4/c1-5-6-12-9-15(23)17(16(24)10-12)18-19(25)13-7-8-14(11-13)20(18)27-21(26)22(2,3)4/h9-10,13-14,24H,7-8,11H2,1-4H3. The van der Waals surface area contributed by atoms with E-state index in [0.29, 0.717) is 17.7 Å². The highest BCUT2D eigenvalue weighted by Gasteiger charge is 2.44. The summed E-state index contributed by atoms with van der Waals surface area (Å²) in [6.45, 7) is 6.98. The summed E-state index contributed by atoms with van der Waals surface area (Å²) in [5.74, 6) is 5.16. The Bertz CT molecular complexity index is 885. The first-order valence-electron chi connectivity index (χ1n) is 9.09. The van der Waals surface area contributed by atoms with Crippen LogP contribution in [0.5, 0.6) is 5.75 Å². The summed E-state index contributed by atoms with van der Waals surface area (Å²) in [5.41, 5.74) is 0.327. The molecule has 27 heavy (non-hydrogen) atoms. The van der Waals surface area contributed by atoms with Gasteiger partial charge in [-0.1, -0.05) is 17.5 Å². The van der Waals surface area contributed by atoms with Crippen LogP contribution in [-0.4, -0.2) is 16.9 Å². The number of Topliss-reactive ketones (excluding diaryl/α,β-unsaturated/α-hetero) is 1. The summed E-state index contributed by atoms with van der Waals surface area (Å²) in [7, 11) is 0. The number of ketones is 1. The van der Waals surface area contributed by atoms with Gasteiger partial charge in [-0.2, -0.15) is 0 Å². The van der Waals surface area contributed by atoms with E-state index in [0.717, 1.165) is 12.8 Å². The molecule has 4 nitrogen and oxygen atoms in total. The molecular formula is C22H23ClO4. The fourth-order valence-corrected chi connectivity index (χ4v) is 3.99. The smallest absolute Gasteiger partial charge is 0.316 e. The minimum Gasteiger partial charge on any atom is -0.507 e. The summed E-state index contributed by atoms with van der Waals surface area (Å²) in [4.78, 5) is 25.6. The maximum atomic E-state index is 13.1. The average molecular weight is 387 g/mol. The van der Waals surface area contributed by atoms with Crippen molar-refractivity contribution in [1.82, 2.24) is 0 Å². The topological polar surface area (TPSA) is 63.6 Å². The summed E-state index contributed by atoms with van der Waals surface area (Å²) >= 11 is 6.42. The second kappa shape index (κ2) is 7.05. The lowest BCUT2D eigenvalue weighted by Gasteiger charge is -2.28. The maximum Gasteiger partial charge on any atom is 0.316 e. The summed E-state index contributed by atoms with van der Waals surface area (Å²) in [6, 6.07) is 3.10. The zero-order valence-electron chi connectivity index (χ0n) is 16.0. The van der Waals surface area contributed by atoms with Crippen molar-refractivity contribution in [2.45, 2.75) is 47.0 Å². The lowest BCUT2D eigenvalue weighted by Crippen LogP contribution is -2.28. The third-order valence-electron chi connectivity index (χ3n) is 5.07. The number of aromatic hydroxyl groups is 1. The Labute approximate surface area is 164 Å². The van der Waals surface area contributed by atoms with Crippen LogP contribution in [0.2, 0.25) is 5.02 Å². The van der Waals surface area contributed by atoms with E-state index in [1.54, 1.807) is 33.8 Å². The van der Waals surface area contributed by atoms with E-state index >= 15 is 0 Å². The second-order valence-corrected chi connectivity index (χ2v) is 8.58. The van der Waals surface area contributed by atoms with Gasteiger partial charge in [-0.25, -0.2) is 0 Å². The Balaban J connectivity index is 2.18. The number of esters is 1. The van der Waals surface area contributed by atoms with Crippen LogP contribution in [0, 0.1) is 29.1 Å². The van der Waals surface area contributed by atoms with E-state index in [2.05, 4.69) is 11.8 Å². The van der Waals surface area contributed by atoms with E-state index in [-0.39, 0.29) is 39.5 Å². The van der Waals surface area contributed by atoms with Gasteiger partial charge in [0.05, 0.1) is 16.0 Å². The monoisotopic (exact) mass is 386 g/mol. The van der Waals surface area contributed by atoms with Gasteiger partial charge >= 0.3 is 5.97 Å². The van der Waals surface area contributed by atoms with Crippen LogP contribution < -0.4 is 0 Å². The van der Waals surface area contributed by atoms with Gasteiger partial charge in [-0.15, -0.1) is 5.92 Å². The molecule has 0 radical (unpaired) electrons. The quantitative estimate of drug-likeness (QED) is 0.590. The number of rotatable bonds is 2. The van der Waals surface area contributed by atoms with Crippen LogP contribution in [0.4, 0.5) is 0 Å². The van der Waals surface area contributed by atoms with Crippen LogP contribution in [0.1, 0.15) is 58.1 Å². The van der Waals surface area contributed by atoms with E-state index in [9.17, 15) is 14.7 Å². The third-order valence-corrected chi connectivity index (χ3v) is 5.37. The van der Waals surface area contributed by atoms with Crippen LogP contribution in [-0.2, 0) is 14.3 Å².